The number of esters is 1. The summed E-state index contributed by atoms with van der Waals surface area (Å²) in [6.45, 7) is 6.04. The van der Waals surface area contributed by atoms with Gasteiger partial charge < -0.3 is 9.47 Å². The molecule has 0 aliphatic carbocycles. The monoisotopic (exact) mass is 605 g/mol. The van der Waals surface area contributed by atoms with E-state index in [-0.39, 0.29) is 18.3 Å². The number of methoxy groups -OCH3 is 1. The normalized spacial score (nSPS) is 12.0. The van der Waals surface area contributed by atoms with Crippen LogP contribution < -0.4 is 4.74 Å². The van der Waals surface area contributed by atoms with Crippen molar-refractivity contribution >= 4 is 40.5 Å². The highest BCUT2D eigenvalue weighted by Crippen LogP contribution is 2.31. The van der Waals surface area contributed by atoms with Gasteiger partial charge in [0.25, 0.3) is 5.91 Å². The fraction of sp³-hybridized carbons (Fsp3) is 0.211. The van der Waals surface area contributed by atoms with Crippen LogP contribution in [0.4, 0.5) is 0 Å². The van der Waals surface area contributed by atoms with Crippen molar-refractivity contribution in [3.05, 3.63) is 141 Å². The van der Waals surface area contributed by atoms with E-state index in [1.165, 1.54) is 16.7 Å². The number of hydrogen-bond donors (Lipinski definition) is 0. The highest BCUT2D eigenvalue weighted by Gasteiger charge is 2.23. The van der Waals surface area contributed by atoms with E-state index in [1.54, 1.807) is 35.9 Å². The largest absolute Gasteiger partial charge is 0.497 e. The van der Waals surface area contributed by atoms with Gasteiger partial charge in [-0.05, 0) is 98.8 Å². The fourth-order valence-electron chi connectivity index (χ4n) is 5.65. The van der Waals surface area contributed by atoms with Crippen molar-refractivity contribution < 1.29 is 19.1 Å². The van der Waals surface area contributed by atoms with Crippen molar-refractivity contribution in [1.82, 2.24) is 4.57 Å². The Labute approximate surface area is 263 Å². The minimum Gasteiger partial charge on any atom is -0.497 e. The molecular formula is C38H36ClNO4. The summed E-state index contributed by atoms with van der Waals surface area (Å²) in [7, 11) is 1.59. The third-order valence-corrected chi connectivity index (χ3v) is 7.99. The first-order chi connectivity index (χ1) is 21.2. The summed E-state index contributed by atoms with van der Waals surface area (Å²) < 4.78 is 13.3. The second-order valence-corrected chi connectivity index (χ2v) is 11.5. The van der Waals surface area contributed by atoms with Gasteiger partial charge in [-0.2, -0.15) is 0 Å². The van der Waals surface area contributed by atoms with Crippen molar-refractivity contribution in [3.8, 4) is 5.75 Å². The molecule has 0 radical (unpaired) electrons. The third kappa shape index (κ3) is 7.29. The van der Waals surface area contributed by atoms with E-state index in [4.69, 9.17) is 21.1 Å². The smallest absolute Gasteiger partial charge is 0.310 e. The maximum absolute atomic E-state index is 13.7. The summed E-state index contributed by atoms with van der Waals surface area (Å²) in [4.78, 5) is 27.3. The molecule has 0 spiro atoms. The van der Waals surface area contributed by atoms with Gasteiger partial charge in [0.2, 0.25) is 0 Å². The van der Waals surface area contributed by atoms with Gasteiger partial charge in [-0.1, -0.05) is 77.3 Å². The molecule has 6 heteroatoms. The minimum absolute atomic E-state index is 0.00955. The van der Waals surface area contributed by atoms with Crippen LogP contribution in [0.5, 0.6) is 5.75 Å². The van der Waals surface area contributed by atoms with Gasteiger partial charge >= 0.3 is 5.97 Å². The molecule has 0 N–H and O–H groups in total. The number of ether oxygens (including phenoxy) is 2. The minimum atomic E-state index is -0.428. The summed E-state index contributed by atoms with van der Waals surface area (Å²) in [5.74, 6) is 0.0726. The van der Waals surface area contributed by atoms with Crippen molar-refractivity contribution in [1.29, 1.82) is 0 Å². The van der Waals surface area contributed by atoms with Crippen LogP contribution in [0.2, 0.25) is 5.02 Å². The van der Waals surface area contributed by atoms with Gasteiger partial charge in [0, 0.05) is 21.7 Å². The molecule has 5 aromatic rings. The fourth-order valence-corrected chi connectivity index (χ4v) is 5.78. The van der Waals surface area contributed by atoms with Crippen LogP contribution >= 0.6 is 11.6 Å². The zero-order valence-electron chi connectivity index (χ0n) is 25.5. The topological polar surface area (TPSA) is 57.5 Å². The second-order valence-electron chi connectivity index (χ2n) is 11.1. The van der Waals surface area contributed by atoms with Crippen LogP contribution in [0.15, 0.2) is 97.1 Å². The second kappa shape index (κ2) is 13.8. The lowest BCUT2D eigenvalue weighted by Crippen LogP contribution is -2.19. The molecule has 0 saturated heterocycles. The number of benzene rings is 4. The van der Waals surface area contributed by atoms with E-state index < -0.39 is 6.10 Å². The van der Waals surface area contributed by atoms with Gasteiger partial charge in [-0.25, -0.2) is 0 Å². The zero-order chi connectivity index (χ0) is 31.2. The lowest BCUT2D eigenvalue weighted by atomic mass is 10.0. The van der Waals surface area contributed by atoms with Crippen LogP contribution in [0.25, 0.3) is 17.0 Å². The Balaban J connectivity index is 1.43. The highest BCUT2D eigenvalue weighted by atomic mass is 35.5. The molecule has 1 atom stereocenters. The van der Waals surface area contributed by atoms with Gasteiger partial charge in [0.1, 0.15) is 11.9 Å². The predicted molar refractivity (Wildman–Crippen MR) is 178 cm³/mol. The number of nitrogens with zero attached hydrogens (tertiary/aromatic N) is 1. The van der Waals surface area contributed by atoms with Crippen molar-refractivity contribution in [2.75, 3.05) is 7.11 Å². The summed E-state index contributed by atoms with van der Waals surface area (Å²) in [5, 5.41) is 1.32. The number of aromatic nitrogens is 1. The number of carbonyl (C=O) groups is 2. The third-order valence-electron chi connectivity index (χ3n) is 7.74. The molecule has 0 unspecified atom stereocenters. The van der Waals surface area contributed by atoms with Crippen LogP contribution in [0.3, 0.4) is 0 Å². The Morgan fingerprint density at radius 1 is 0.886 bits per heavy atom. The summed E-state index contributed by atoms with van der Waals surface area (Å²) in [5.41, 5.74) is 7.27. The Kier molecular flexibility index (Phi) is 9.66. The van der Waals surface area contributed by atoms with Crippen LogP contribution in [-0.2, 0) is 22.4 Å². The Bertz CT molecular complexity index is 1800. The van der Waals surface area contributed by atoms with E-state index in [2.05, 4.69) is 32.0 Å². The molecule has 44 heavy (non-hydrogen) atoms. The van der Waals surface area contributed by atoms with Gasteiger partial charge in [-0.3, -0.25) is 14.2 Å². The first-order valence-electron chi connectivity index (χ1n) is 14.7. The molecule has 1 aromatic heterocycles. The van der Waals surface area contributed by atoms with Gasteiger partial charge in [0.05, 0.1) is 19.0 Å². The van der Waals surface area contributed by atoms with E-state index in [1.807, 2.05) is 67.6 Å². The summed E-state index contributed by atoms with van der Waals surface area (Å²) in [6, 6.07) is 28.8. The molecule has 0 fully saturated rings. The van der Waals surface area contributed by atoms with Crippen molar-refractivity contribution in [2.24, 2.45) is 0 Å². The average molecular weight is 606 g/mol. The van der Waals surface area contributed by atoms with Crippen molar-refractivity contribution in [2.45, 2.75) is 46.1 Å². The first kappa shape index (κ1) is 30.8. The first-order valence-corrected chi connectivity index (χ1v) is 15.1. The summed E-state index contributed by atoms with van der Waals surface area (Å²) in [6.07, 6.45) is 4.94. The number of hydrogen-bond acceptors (Lipinski definition) is 4. The van der Waals surface area contributed by atoms with E-state index >= 15 is 0 Å². The molecule has 224 valence electrons. The molecule has 0 bridgehead atoms. The number of carbonyl (C=O) groups excluding carboxylic acids is 2. The Morgan fingerprint density at radius 2 is 1.59 bits per heavy atom. The quantitative estimate of drug-likeness (QED) is 0.149. The zero-order valence-corrected chi connectivity index (χ0v) is 26.2. The highest BCUT2D eigenvalue weighted by molar-refractivity contribution is 6.30. The summed E-state index contributed by atoms with van der Waals surface area (Å²) >= 11 is 6.06. The lowest BCUT2D eigenvalue weighted by Gasteiger charge is -2.16. The van der Waals surface area contributed by atoms with Crippen LogP contribution in [0.1, 0.15) is 50.3 Å². The van der Waals surface area contributed by atoms with E-state index in [0.29, 0.717) is 34.0 Å². The molecule has 5 rings (SSSR count). The number of aryl methyl sites for hydroxylation is 3. The lowest BCUT2D eigenvalue weighted by molar-refractivity contribution is -0.146. The maximum atomic E-state index is 13.7. The van der Waals surface area contributed by atoms with Crippen molar-refractivity contribution in [3.63, 3.8) is 0 Å². The van der Waals surface area contributed by atoms with Gasteiger partial charge in [-0.15, -0.1) is 0 Å². The van der Waals surface area contributed by atoms with E-state index in [0.717, 1.165) is 22.9 Å². The molecule has 0 amide bonds. The number of rotatable bonds is 10. The standard InChI is InChI=1S/C38H36ClNO4/c1-25-20-26(2)22-29(21-25)11-17-32(16-10-28-8-6-5-7-9-28)44-37(41)24-34-27(3)40(36-19-18-33(43-4)23-35(34)36)38(42)30-12-14-31(39)15-13-30/h5-10,12-16,18-23,32H,11,17,24H2,1-4H3/b16-10+/t32-/m0/s1. The van der Waals surface area contributed by atoms with Gasteiger partial charge in [0.15, 0.2) is 0 Å². The molecule has 1 heterocycles. The van der Waals surface area contributed by atoms with Crippen LogP contribution in [-0.4, -0.2) is 29.7 Å². The average Bonchev–Trinajstić information content (AvgIpc) is 3.28. The molecule has 5 nitrogen and oxygen atoms in total. The molecule has 0 saturated carbocycles. The predicted octanol–water partition coefficient (Wildman–Crippen LogP) is 8.72. The SMILES string of the molecule is COc1ccc2c(c1)c(CC(=O)O[C@@H](/C=C/c1ccccc1)CCc1cc(C)cc(C)c1)c(C)n2C(=O)c1ccc(Cl)cc1. The maximum Gasteiger partial charge on any atom is 0.310 e. The Morgan fingerprint density at radius 3 is 2.27 bits per heavy atom. The number of fused-ring (bicyclic) bond motifs is 1. The molecular weight excluding hydrogens is 570 g/mol. The van der Waals surface area contributed by atoms with E-state index in [9.17, 15) is 9.59 Å². The molecule has 0 aliphatic rings. The molecule has 4 aromatic carbocycles. The van der Waals surface area contributed by atoms with Crippen LogP contribution in [0, 0.1) is 20.8 Å². The molecule has 0 aliphatic heterocycles. The Hall–Kier alpha value is -4.61. The number of halogens is 1.